The maximum absolute atomic E-state index is 12.4. The van der Waals surface area contributed by atoms with Gasteiger partial charge in [-0.2, -0.15) is 0 Å². The lowest BCUT2D eigenvalue weighted by atomic mass is 10.0. The zero-order valence-corrected chi connectivity index (χ0v) is 16.9. The lowest BCUT2D eigenvalue weighted by Crippen LogP contribution is -2.48. The molecule has 7 nitrogen and oxygen atoms in total. The number of likely N-dealkylation sites (N-methyl/N-ethyl adjacent to an activating group) is 1. The van der Waals surface area contributed by atoms with Crippen molar-refractivity contribution in [1.29, 1.82) is 0 Å². The van der Waals surface area contributed by atoms with Gasteiger partial charge < -0.3 is 15.2 Å². The summed E-state index contributed by atoms with van der Waals surface area (Å²) in [6, 6.07) is 3.75. The third-order valence-electron chi connectivity index (χ3n) is 4.94. The highest BCUT2D eigenvalue weighted by molar-refractivity contribution is 6.31. The van der Waals surface area contributed by atoms with Crippen LogP contribution >= 0.6 is 11.6 Å². The number of piperidine rings is 1. The van der Waals surface area contributed by atoms with Crippen molar-refractivity contribution in [1.82, 2.24) is 9.80 Å². The minimum absolute atomic E-state index is 0.0668. The summed E-state index contributed by atoms with van der Waals surface area (Å²) < 4.78 is 5.29. The molecule has 1 heterocycles. The van der Waals surface area contributed by atoms with E-state index in [0.29, 0.717) is 29.5 Å². The van der Waals surface area contributed by atoms with Gasteiger partial charge in [0.25, 0.3) is 0 Å². The van der Waals surface area contributed by atoms with E-state index in [1.807, 2.05) is 18.7 Å². The zero-order valence-electron chi connectivity index (χ0n) is 16.1. The predicted molar refractivity (Wildman–Crippen MR) is 106 cm³/mol. The van der Waals surface area contributed by atoms with Crippen molar-refractivity contribution in [2.75, 3.05) is 45.2 Å². The first-order chi connectivity index (χ1) is 12.8. The molecule has 0 aromatic heterocycles. The maximum Gasteiger partial charge on any atom is 0.317 e. The van der Waals surface area contributed by atoms with Crippen molar-refractivity contribution in [3.05, 3.63) is 22.7 Å². The number of halogens is 1. The molecule has 0 saturated carbocycles. The van der Waals surface area contributed by atoms with Crippen molar-refractivity contribution in [2.45, 2.75) is 32.7 Å². The quantitative estimate of drug-likeness (QED) is 0.701. The van der Waals surface area contributed by atoms with Crippen molar-refractivity contribution in [3.8, 4) is 5.75 Å². The molecule has 1 aromatic carbocycles. The number of nitrogens with zero attached hydrogens (tertiary/aromatic N) is 2. The summed E-state index contributed by atoms with van der Waals surface area (Å²) in [4.78, 5) is 27.5. The number of carboxylic acids is 1. The van der Waals surface area contributed by atoms with E-state index in [2.05, 4.69) is 10.2 Å². The molecular weight excluding hydrogens is 370 g/mol. The lowest BCUT2D eigenvalue weighted by molar-refractivity contribution is -0.139. The molecule has 150 valence electrons. The number of benzene rings is 1. The fourth-order valence-corrected chi connectivity index (χ4v) is 3.59. The Morgan fingerprint density at radius 3 is 2.59 bits per heavy atom. The number of carbonyl (C=O) groups is 2. The number of anilines is 1. The average Bonchev–Trinajstić information content (AvgIpc) is 2.63. The number of aliphatic carboxylic acids is 1. The van der Waals surface area contributed by atoms with E-state index in [0.717, 1.165) is 31.5 Å². The van der Waals surface area contributed by atoms with Crippen LogP contribution in [0.25, 0.3) is 0 Å². The first kappa shape index (κ1) is 21.5. The van der Waals surface area contributed by atoms with Gasteiger partial charge in [-0.05, 0) is 37.9 Å². The zero-order chi connectivity index (χ0) is 20.0. The van der Waals surface area contributed by atoms with Crippen LogP contribution in [0.3, 0.4) is 0 Å². The van der Waals surface area contributed by atoms with E-state index >= 15 is 0 Å². The van der Waals surface area contributed by atoms with E-state index in [1.165, 1.54) is 7.11 Å². The van der Waals surface area contributed by atoms with Crippen molar-refractivity contribution in [3.63, 3.8) is 0 Å². The molecule has 0 bridgehead atoms. The monoisotopic (exact) mass is 397 g/mol. The third kappa shape index (κ3) is 6.09. The summed E-state index contributed by atoms with van der Waals surface area (Å²) in [6.45, 7) is 6.46. The van der Waals surface area contributed by atoms with Crippen LogP contribution in [0.1, 0.15) is 25.3 Å². The number of rotatable bonds is 8. The number of hydrogen-bond acceptors (Lipinski definition) is 5. The highest BCUT2D eigenvalue weighted by Gasteiger charge is 2.26. The largest absolute Gasteiger partial charge is 0.495 e. The molecule has 1 aromatic rings. The SMILES string of the molecule is CCN(CC(=O)O)C1CCN(CC(=O)Nc2cc(C)c(Cl)cc2OC)CC1. The Hall–Kier alpha value is -1.83. The summed E-state index contributed by atoms with van der Waals surface area (Å²) in [5.41, 5.74) is 1.48. The van der Waals surface area contributed by atoms with E-state index < -0.39 is 5.97 Å². The number of carbonyl (C=O) groups excluding carboxylic acids is 1. The minimum atomic E-state index is -0.800. The third-order valence-corrected chi connectivity index (χ3v) is 5.35. The molecule has 8 heteroatoms. The molecule has 2 rings (SSSR count). The molecule has 1 amide bonds. The molecule has 2 N–H and O–H groups in total. The number of ether oxygens (including phenoxy) is 1. The Bertz CT molecular complexity index is 675. The summed E-state index contributed by atoms with van der Waals surface area (Å²) in [5.74, 6) is -0.373. The lowest BCUT2D eigenvalue weighted by Gasteiger charge is -2.37. The Morgan fingerprint density at radius 2 is 2.04 bits per heavy atom. The van der Waals surface area contributed by atoms with E-state index in [-0.39, 0.29) is 18.5 Å². The predicted octanol–water partition coefficient (Wildman–Crippen LogP) is 2.47. The number of hydrogen-bond donors (Lipinski definition) is 2. The normalized spacial score (nSPS) is 15.7. The van der Waals surface area contributed by atoms with Crippen LogP contribution in [0, 0.1) is 6.92 Å². The number of aryl methyl sites for hydroxylation is 1. The smallest absolute Gasteiger partial charge is 0.317 e. The van der Waals surface area contributed by atoms with Gasteiger partial charge >= 0.3 is 5.97 Å². The van der Waals surface area contributed by atoms with Gasteiger partial charge in [0.2, 0.25) is 5.91 Å². The highest BCUT2D eigenvalue weighted by Crippen LogP contribution is 2.31. The van der Waals surface area contributed by atoms with Crippen LogP contribution in [0.5, 0.6) is 5.75 Å². The second-order valence-corrected chi connectivity index (χ2v) is 7.22. The number of likely N-dealkylation sites (tertiary alicyclic amines) is 1. The summed E-state index contributed by atoms with van der Waals surface area (Å²) in [5, 5.41) is 12.5. The molecule has 0 radical (unpaired) electrons. The van der Waals surface area contributed by atoms with Gasteiger partial charge in [-0.1, -0.05) is 18.5 Å². The molecule has 0 spiro atoms. The van der Waals surface area contributed by atoms with Gasteiger partial charge in [0.1, 0.15) is 5.75 Å². The van der Waals surface area contributed by atoms with Crippen LogP contribution in [-0.2, 0) is 9.59 Å². The number of nitrogens with one attached hydrogen (secondary N) is 1. The standard InChI is InChI=1S/C19H28ClN3O4/c1-4-23(12-19(25)26)14-5-7-22(8-6-14)11-18(24)21-16-9-13(2)15(20)10-17(16)27-3/h9-10,14H,4-8,11-12H2,1-3H3,(H,21,24)(H,25,26). The van der Waals surface area contributed by atoms with Gasteiger partial charge in [-0.15, -0.1) is 0 Å². The molecule has 27 heavy (non-hydrogen) atoms. The molecule has 1 saturated heterocycles. The Balaban J connectivity index is 1.88. The van der Waals surface area contributed by atoms with Crippen molar-refractivity contribution >= 4 is 29.2 Å². The number of methoxy groups -OCH3 is 1. The van der Waals surface area contributed by atoms with Gasteiger partial charge in [0.05, 0.1) is 25.9 Å². The minimum Gasteiger partial charge on any atom is -0.495 e. The van der Waals surface area contributed by atoms with E-state index in [4.69, 9.17) is 21.4 Å². The Labute approximate surface area is 165 Å². The van der Waals surface area contributed by atoms with Crippen molar-refractivity contribution in [2.24, 2.45) is 0 Å². The summed E-state index contributed by atoms with van der Waals surface area (Å²) >= 11 is 6.10. The molecule has 0 aliphatic carbocycles. The van der Waals surface area contributed by atoms with E-state index in [1.54, 1.807) is 12.1 Å². The second kappa shape index (κ2) is 9.92. The Kier molecular flexibility index (Phi) is 7.89. The highest BCUT2D eigenvalue weighted by atomic mass is 35.5. The molecule has 1 aliphatic rings. The summed E-state index contributed by atoms with van der Waals surface area (Å²) in [7, 11) is 1.54. The van der Waals surface area contributed by atoms with Crippen LogP contribution in [-0.4, -0.2) is 72.7 Å². The van der Waals surface area contributed by atoms with E-state index in [9.17, 15) is 9.59 Å². The average molecular weight is 398 g/mol. The van der Waals surface area contributed by atoms with Crippen LogP contribution in [0.2, 0.25) is 5.02 Å². The number of carboxylic acid groups (broad SMARTS) is 1. The molecule has 0 atom stereocenters. The molecular formula is C19H28ClN3O4. The number of amides is 1. The molecule has 1 aliphatic heterocycles. The van der Waals surface area contributed by atoms with Crippen LogP contribution in [0.15, 0.2) is 12.1 Å². The fraction of sp³-hybridized carbons (Fsp3) is 0.579. The summed E-state index contributed by atoms with van der Waals surface area (Å²) in [6.07, 6.45) is 1.72. The topological polar surface area (TPSA) is 82.1 Å². The van der Waals surface area contributed by atoms with Gasteiger partial charge in [-0.25, -0.2) is 0 Å². The van der Waals surface area contributed by atoms with Crippen LogP contribution < -0.4 is 10.1 Å². The molecule has 1 fully saturated rings. The van der Waals surface area contributed by atoms with Gasteiger partial charge in [0, 0.05) is 30.2 Å². The van der Waals surface area contributed by atoms with Gasteiger partial charge in [0.15, 0.2) is 0 Å². The maximum atomic E-state index is 12.4. The first-order valence-corrected chi connectivity index (χ1v) is 9.54. The van der Waals surface area contributed by atoms with Crippen LogP contribution in [0.4, 0.5) is 5.69 Å². The second-order valence-electron chi connectivity index (χ2n) is 6.81. The van der Waals surface area contributed by atoms with Crippen molar-refractivity contribution < 1.29 is 19.4 Å². The fourth-order valence-electron chi connectivity index (χ4n) is 3.44. The first-order valence-electron chi connectivity index (χ1n) is 9.16. The molecule has 0 unspecified atom stereocenters. The Morgan fingerprint density at radius 1 is 1.37 bits per heavy atom. The van der Waals surface area contributed by atoms with Gasteiger partial charge in [-0.3, -0.25) is 19.4 Å².